The predicted octanol–water partition coefficient (Wildman–Crippen LogP) is 5.26. The molecule has 4 heteroatoms. The van der Waals surface area contributed by atoms with E-state index in [2.05, 4.69) is 27.7 Å². The Bertz CT molecular complexity index is 181. The lowest BCUT2D eigenvalue weighted by Gasteiger charge is -2.21. The van der Waals surface area contributed by atoms with Gasteiger partial charge in [-0.1, -0.05) is 57.4 Å². The van der Waals surface area contributed by atoms with E-state index in [0.717, 1.165) is 19.0 Å². The molecule has 0 aromatic rings. The summed E-state index contributed by atoms with van der Waals surface area (Å²) < 4.78 is 12.4. The Hall–Kier alpha value is 0.930. The normalized spacial score (nSPS) is 20.1. The number of rotatable bonds is 7. The molecule has 0 rings (SSSR count). The quantitative estimate of drug-likeness (QED) is 0.577. The van der Waals surface area contributed by atoms with Gasteiger partial charge in [0.1, 0.15) is 0 Å². The van der Waals surface area contributed by atoms with Crippen molar-refractivity contribution in [3.63, 3.8) is 0 Å². The van der Waals surface area contributed by atoms with Gasteiger partial charge in [0.2, 0.25) is 0 Å². The second-order valence-corrected chi connectivity index (χ2v) is 13.0. The summed E-state index contributed by atoms with van der Waals surface area (Å²) in [4.78, 5) is 0. The van der Waals surface area contributed by atoms with Gasteiger partial charge in [0, 0.05) is 16.7 Å². The molecule has 14 heavy (non-hydrogen) atoms. The molecule has 0 aromatic heterocycles. The third-order valence-electron chi connectivity index (χ3n) is 2.22. The second kappa shape index (κ2) is 7.24. The molecule has 2 unspecified atom stereocenters. The minimum absolute atomic E-state index is 0.525. The molecule has 0 heterocycles. The van der Waals surface area contributed by atoms with Crippen LogP contribution in [0.25, 0.3) is 0 Å². The van der Waals surface area contributed by atoms with E-state index in [9.17, 15) is 4.57 Å². The fourth-order valence-electron chi connectivity index (χ4n) is 0.871. The average molecular weight is 254 g/mol. The Balaban J connectivity index is 4.25. The maximum atomic E-state index is 12.4. The minimum Gasteiger partial charge on any atom is -0.300 e. The molecule has 0 fully saturated rings. The summed E-state index contributed by atoms with van der Waals surface area (Å²) in [7, 11) is 0. The zero-order chi connectivity index (χ0) is 11.2. The lowest BCUT2D eigenvalue weighted by molar-refractivity contribution is 0.594. The highest BCUT2D eigenvalue weighted by atomic mass is 33.1. The molecule has 0 N–H and O–H groups in total. The minimum atomic E-state index is -2.01. The monoisotopic (exact) mass is 254 g/mol. The van der Waals surface area contributed by atoms with Gasteiger partial charge in [-0.2, -0.15) is 0 Å². The number of hydrogen-bond acceptors (Lipinski definition) is 3. The van der Waals surface area contributed by atoms with Crippen molar-refractivity contribution in [1.82, 2.24) is 0 Å². The van der Waals surface area contributed by atoms with Gasteiger partial charge >= 0.3 is 0 Å². The predicted molar refractivity (Wildman–Crippen MR) is 72.8 cm³/mol. The Kier molecular flexibility index (Phi) is 7.73. The molecule has 0 radical (unpaired) electrons. The van der Waals surface area contributed by atoms with Crippen LogP contribution in [0, 0.1) is 0 Å². The average Bonchev–Trinajstić information content (AvgIpc) is 2.17. The van der Waals surface area contributed by atoms with Crippen LogP contribution in [-0.2, 0) is 4.57 Å². The fraction of sp³-hybridized carbons (Fsp3) is 1.00. The highest BCUT2D eigenvalue weighted by Crippen LogP contribution is 2.71. The van der Waals surface area contributed by atoms with E-state index >= 15 is 0 Å². The van der Waals surface area contributed by atoms with Crippen LogP contribution in [0.2, 0.25) is 0 Å². The van der Waals surface area contributed by atoms with Crippen molar-refractivity contribution in [3.05, 3.63) is 0 Å². The van der Waals surface area contributed by atoms with Gasteiger partial charge in [-0.15, -0.1) is 0 Å². The first-order chi connectivity index (χ1) is 6.47. The van der Waals surface area contributed by atoms with Crippen LogP contribution in [0.4, 0.5) is 0 Å². The zero-order valence-corrected chi connectivity index (χ0v) is 12.5. The standard InChI is InChI=1S/C10H23OPS2/c1-6-9(4)13-12(11,8-3)14-10(5)7-2/h9-10H,6-8H2,1-5H3. The SMILES string of the molecule is CCC(C)SP(=O)(CC)SC(C)CC. The van der Waals surface area contributed by atoms with Gasteiger partial charge in [0.15, 0.2) is 5.55 Å². The Morgan fingerprint density at radius 2 is 1.36 bits per heavy atom. The third kappa shape index (κ3) is 5.72. The molecule has 0 amide bonds. The molecule has 0 bridgehead atoms. The van der Waals surface area contributed by atoms with E-state index in [-0.39, 0.29) is 0 Å². The molecule has 0 aliphatic heterocycles. The van der Waals surface area contributed by atoms with Crippen LogP contribution >= 0.6 is 28.3 Å². The zero-order valence-electron chi connectivity index (χ0n) is 9.95. The molecule has 0 aliphatic rings. The summed E-state index contributed by atoms with van der Waals surface area (Å²) in [6.45, 7) is 10.7. The molecule has 0 saturated heterocycles. The molecular weight excluding hydrogens is 231 g/mol. The molecule has 0 aliphatic carbocycles. The highest BCUT2D eigenvalue weighted by Gasteiger charge is 2.25. The van der Waals surface area contributed by atoms with Crippen LogP contribution < -0.4 is 0 Å². The number of hydrogen-bond donors (Lipinski definition) is 0. The Morgan fingerprint density at radius 3 is 1.57 bits per heavy atom. The van der Waals surface area contributed by atoms with Crippen LogP contribution in [0.15, 0.2) is 0 Å². The van der Waals surface area contributed by atoms with E-state index < -0.39 is 5.55 Å². The topological polar surface area (TPSA) is 17.1 Å². The van der Waals surface area contributed by atoms with Gasteiger partial charge in [-0.25, -0.2) is 0 Å². The first kappa shape index (κ1) is 14.9. The van der Waals surface area contributed by atoms with Crippen LogP contribution in [0.1, 0.15) is 47.5 Å². The fourth-order valence-corrected chi connectivity index (χ4v) is 10.9. The Morgan fingerprint density at radius 1 is 1.00 bits per heavy atom. The summed E-state index contributed by atoms with van der Waals surface area (Å²) in [6.07, 6.45) is 3.03. The lowest BCUT2D eigenvalue weighted by Crippen LogP contribution is -1.96. The van der Waals surface area contributed by atoms with Crippen LogP contribution in [0.3, 0.4) is 0 Å². The first-order valence-corrected chi connectivity index (χ1v) is 10.3. The summed E-state index contributed by atoms with van der Waals surface area (Å²) in [6, 6.07) is 0. The second-order valence-electron chi connectivity index (χ2n) is 3.58. The van der Waals surface area contributed by atoms with Crippen molar-refractivity contribution in [2.75, 3.05) is 6.16 Å². The van der Waals surface area contributed by atoms with Crippen molar-refractivity contribution in [2.24, 2.45) is 0 Å². The van der Waals surface area contributed by atoms with Crippen molar-refractivity contribution >= 4 is 28.3 Å². The van der Waals surface area contributed by atoms with E-state index in [1.165, 1.54) is 0 Å². The molecule has 0 saturated carbocycles. The van der Waals surface area contributed by atoms with E-state index in [4.69, 9.17) is 0 Å². The molecule has 0 spiro atoms. The molecule has 2 atom stereocenters. The molecule has 86 valence electrons. The van der Waals surface area contributed by atoms with Crippen molar-refractivity contribution in [1.29, 1.82) is 0 Å². The van der Waals surface area contributed by atoms with Crippen molar-refractivity contribution in [2.45, 2.75) is 58.0 Å². The summed E-state index contributed by atoms with van der Waals surface area (Å²) in [5.41, 5.74) is -2.01. The summed E-state index contributed by atoms with van der Waals surface area (Å²) in [5, 5.41) is 1.05. The van der Waals surface area contributed by atoms with E-state index in [1.807, 2.05) is 6.92 Å². The van der Waals surface area contributed by atoms with Gasteiger partial charge in [-0.05, 0) is 12.8 Å². The van der Waals surface area contributed by atoms with Crippen molar-refractivity contribution in [3.8, 4) is 0 Å². The first-order valence-electron chi connectivity index (χ1n) is 5.43. The van der Waals surface area contributed by atoms with E-state index in [0.29, 0.717) is 10.5 Å². The summed E-state index contributed by atoms with van der Waals surface area (Å²) >= 11 is 3.42. The third-order valence-corrected chi connectivity index (χ3v) is 12.2. The Labute approximate surface area is 97.1 Å². The maximum Gasteiger partial charge on any atom is 0.191 e. The van der Waals surface area contributed by atoms with Crippen molar-refractivity contribution < 1.29 is 4.57 Å². The highest BCUT2D eigenvalue weighted by molar-refractivity contribution is 8.90. The molecule has 0 aromatic carbocycles. The van der Waals surface area contributed by atoms with Gasteiger partial charge in [0.25, 0.3) is 0 Å². The molecule has 1 nitrogen and oxygen atoms in total. The van der Waals surface area contributed by atoms with Gasteiger partial charge < -0.3 is 4.57 Å². The smallest absolute Gasteiger partial charge is 0.191 e. The maximum absolute atomic E-state index is 12.4. The van der Waals surface area contributed by atoms with Crippen LogP contribution in [0.5, 0.6) is 0 Å². The summed E-state index contributed by atoms with van der Waals surface area (Å²) in [5.74, 6) is 0. The van der Waals surface area contributed by atoms with Gasteiger partial charge in [-0.3, -0.25) is 0 Å². The van der Waals surface area contributed by atoms with Crippen LogP contribution in [-0.4, -0.2) is 16.7 Å². The largest absolute Gasteiger partial charge is 0.300 e. The molecular formula is C10H23OPS2. The van der Waals surface area contributed by atoms with Gasteiger partial charge in [0.05, 0.1) is 0 Å². The lowest BCUT2D eigenvalue weighted by atomic mass is 10.4. The van der Waals surface area contributed by atoms with E-state index in [1.54, 1.807) is 22.8 Å².